The molecule has 2 heterocycles. The maximum atomic E-state index is 12.1. The number of rotatable bonds is 4. The van der Waals surface area contributed by atoms with Crippen LogP contribution in [0.4, 0.5) is 4.79 Å². The van der Waals surface area contributed by atoms with Crippen LogP contribution < -0.4 is 10.6 Å². The number of aryl methyl sites for hydroxylation is 2. The second-order valence-electron chi connectivity index (χ2n) is 5.81. The van der Waals surface area contributed by atoms with Crippen LogP contribution in [-0.2, 0) is 11.3 Å². The maximum Gasteiger partial charge on any atom is 0.315 e. The zero-order valence-electron chi connectivity index (χ0n) is 13.6. The van der Waals surface area contributed by atoms with Crippen molar-refractivity contribution in [2.75, 3.05) is 6.61 Å². The lowest BCUT2D eigenvalue weighted by molar-refractivity contribution is 0.0999. The molecule has 0 radical (unpaired) electrons. The van der Waals surface area contributed by atoms with Crippen LogP contribution in [-0.4, -0.2) is 23.7 Å². The van der Waals surface area contributed by atoms with E-state index in [4.69, 9.17) is 20.8 Å². The molecule has 0 spiro atoms. The SMILES string of the molecule is Cc1nc(CNC(=O)NC2CCOC2c2ccc(Cl)cc2)oc1C. The van der Waals surface area contributed by atoms with E-state index in [2.05, 4.69) is 15.6 Å². The molecule has 2 atom stereocenters. The van der Waals surface area contributed by atoms with Crippen LogP contribution in [0.2, 0.25) is 5.02 Å². The first-order valence-corrected chi connectivity index (χ1v) is 8.25. The van der Waals surface area contributed by atoms with Gasteiger partial charge in [-0.15, -0.1) is 0 Å². The fourth-order valence-electron chi connectivity index (χ4n) is 2.71. The monoisotopic (exact) mass is 349 g/mol. The molecule has 0 bridgehead atoms. The first kappa shape index (κ1) is 16.8. The van der Waals surface area contributed by atoms with Crippen LogP contribution >= 0.6 is 11.6 Å². The van der Waals surface area contributed by atoms with Gasteiger partial charge < -0.3 is 19.8 Å². The zero-order chi connectivity index (χ0) is 17.1. The summed E-state index contributed by atoms with van der Waals surface area (Å²) in [6.07, 6.45) is 0.594. The molecule has 2 aromatic rings. The van der Waals surface area contributed by atoms with Crippen LogP contribution in [0, 0.1) is 13.8 Å². The van der Waals surface area contributed by atoms with Crippen LogP contribution in [0.5, 0.6) is 0 Å². The Balaban J connectivity index is 1.55. The number of urea groups is 1. The molecule has 1 fully saturated rings. The largest absolute Gasteiger partial charge is 0.444 e. The molecule has 1 aromatic heterocycles. The third-order valence-corrected chi connectivity index (χ3v) is 4.33. The molecule has 7 heteroatoms. The summed E-state index contributed by atoms with van der Waals surface area (Å²) in [7, 11) is 0. The smallest absolute Gasteiger partial charge is 0.315 e. The fraction of sp³-hybridized carbons (Fsp3) is 0.412. The van der Waals surface area contributed by atoms with Crippen molar-refractivity contribution in [3.63, 3.8) is 0 Å². The Kier molecular flexibility index (Phi) is 5.06. The van der Waals surface area contributed by atoms with Crippen LogP contribution in [0.3, 0.4) is 0 Å². The molecule has 6 nitrogen and oxygen atoms in total. The molecule has 0 saturated carbocycles. The molecule has 2 N–H and O–H groups in total. The zero-order valence-corrected chi connectivity index (χ0v) is 14.4. The Hall–Kier alpha value is -2.05. The first-order chi connectivity index (χ1) is 11.5. The van der Waals surface area contributed by atoms with Crippen molar-refractivity contribution >= 4 is 17.6 Å². The van der Waals surface area contributed by atoms with Crippen molar-refractivity contribution in [2.45, 2.75) is 39.0 Å². The van der Waals surface area contributed by atoms with Crippen LogP contribution in [0.15, 0.2) is 28.7 Å². The summed E-state index contributed by atoms with van der Waals surface area (Å²) in [6, 6.07) is 7.13. The molecule has 24 heavy (non-hydrogen) atoms. The molecule has 2 amide bonds. The second-order valence-corrected chi connectivity index (χ2v) is 6.25. The Morgan fingerprint density at radius 2 is 2.08 bits per heavy atom. The van der Waals surface area contributed by atoms with E-state index in [-0.39, 0.29) is 24.7 Å². The number of amides is 2. The van der Waals surface area contributed by atoms with Crippen molar-refractivity contribution in [3.8, 4) is 0 Å². The third kappa shape index (κ3) is 3.88. The summed E-state index contributed by atoms with van der Waals surface area (Å²) in [6.45, 7) is 4.57. The van der Waals surface area contributed by atoms with Gasteiger partial charge >= 0.3 is 6.03 Å². The molecule has 1 saturated heterocycles. The highest BCUT2D eigenvalue weighted by Crippen LogP contribution is 2.29. The number of nitrogens with one attached hydrogen (secondary N) is 2. The average molecular weight is 350 g/mol. The van der Waals surface area contributed by atoms with Crippen molar-refractivity contribution in [1.82, 2.24) is 15.6 Å². The topological polar surface area (TPSA) is 76.4 Å². The number of nitrogens with zero attached hydrogens (tertiary/aromatic N) is 1. The number of carbonyl (C=O) groups excluding carboxylic acids is 1. The minimum Gasteiger partial charge on any atom is -0.444 e. The van der Waals surface area contributed by atoms with E-state index in [0.717, 1.165) is 23.4 Å². The minimum absolute atomic E-state index is 0.0841. The first-order valence-electron chi connectivity index (χ1n) is 7.87. The molecule has 128 valence electrons. The quantitative estimate of drug-likeness (QED) is 0.888. The lowest BCUT2D eigenvalue weighted by Crippen LogP contribution is -2.43. The van der Waals surface area contributed by atoms with E-state index in [1.165, 1.54) is 0 Å². The summed E-state index contributed by atoms with van der Waals surface area (Å²) in [5, 5.41) is 6.40. The summed E-state index contributed by atoms with van der Waals surface area (Å²) < 4.78 is 11.2. The summed E-state index contributed by atoms with van der Waals surface area (Å²) >= 11 is 5.92. The molecule has 1 aromatic carbocycles. The molecular weight excluding hydrogens is 330 g/mol. The van der Waals surface area contributed by atoms with Gasteiger partial charge in [0.25, 0.3) is 0 Å². The Bertz CT molecular complexity index is 695. The summed E-state index contributed by atoms with van der Waals surface area (Å²) in [5.41, 5.74) is 1.83. The molecular formula is C17H20ClN3O3. The van der Waals surface area contributed by atoms with Crippen molar-refractivity contribution in [3.05, 3.63) is 52.2 Å². The van der Waals surface area contributed by atoms with Crippen molar-refractivity contribution < 1.29 is 13.9 Å². The summed E-state index contributed by atoms with van der Waals surface area (Å²) in [4.78, 5) is 16.4. The minimum atomic E-state index is -0.266. The molecule has 2 unspecified atom stereocenters. The van der Waals surface area contributed by atoms with Crippen LogP contribution in [0.25, 0.3) is 0 Å². The lowest BCUT2D eigenvalue weighted by Gasteiger charge is -2.20. The number of ether oxygens (including phenoxy) is 1. The molecule has 3 rings (SSSR count). The maximum absolute atomic E-state index is 12.1. The highest BCUT2D eigenvalue weighted by Gasteiger charge is 2.30. The number of oxazole rings is 1. The predicted molar refractivity (Wildman–Crippen MR) is 89.9 cm³/mol. The Labute approximate surface area is 145 Å². The standard InChI is InChI=1S/C17H20ClN3O3/c1-10-11(2)24-15(20-10)9-19-17(22)21-14-7-8-23-16(14)12-3-5-13(18)6-4-12/h3-6,14,16H,7-9H2,1-2H3,(H2,19,21,22). The Morgan fingerprint density at radius 1 is 1.33 bits per heavy atom. The van der Waals surface area contributed by atoms with Gasteiger partial charge in [0.1, 0.15) is 11.9 Å². The van der Waals surface area contributed by atoms with Crippen LogP contribution in [0.1, 0.15) is 35.4 Å². The molecule has 0 aliphatic carbocycles. The van der Waals surface area contributed by atoms with Gasteiger partial charge in [0.15, 0.2) is 0 Å². The highest BCUT2D eigenvalue weighted by atomic mass is 35.5. The van der Waals surface area contributed by atoms with Gasteiger partial charge in [0.05, 0.1) is 18.3 Å². The van der Waals surface area contributed by atoms with Gasteiger partial charge in [-0.3, -0.25) is 0 Å². The number of hydrogen-bond donors (Lipinski definition) is 2. The number of aromatic nitrogens is 1. The second kappa shape index (κ2) is 7.23. The lowest BCUT2D eigenvalue weighted by atomic mass is 10.0. The normalized spacial score (nSPS) is 20.1. The van der Waals surface area contributed by atoms with Gasteiger partial charge in [0.2, 0.25) is 5.89 Å². The van der Waals surface area contributed by atoms with Gasteiger partial charge in [-0.05, 0) is 38.0 Å². The van der Waals surface area contributed by atoms with Gasteiger partial charge in [-0.2, -0.15) is 0 Å². The number of carbonyl (C=O) groups is 1. The highest BCUT2D eigenvalue weighted by molar-refractivity contribution is 6.30. The fourth-order valence-corrected chi connectivity index (χ4v) is 2.83. The van der Waals surface area contributed by atoms with E-state index in [1.54, 1.807) is 0 Å². The average Bonchev–Trinajstić information content (AvgIpc) is 3.13. The molecule has 1 aliphatic rings. The van der Waals surface area contributed by atoms with E-state index < -0.39 is 0 Å². The van der Waals surface area contributed by atoms with Crippen molar-refractivity contribution in [1.29, 1.82) is 0 Å². The van der Waals surface area contributed by atoms with E-state index in [9.17, 15) is 4.79 Å². The predicted octanol–water partition coefficient (Wildman–Crippen LogP) is 3.27. The van der Waals surface area contributed by atoms with Gasteiger partial charge in [-0.1, -0.05) is 23.7 Å². The van der Waals surface area contributed by atoms with E-state index in [0.29, 0.717) is 17.5 Å². The van der Waals surface area contributed by atoms with E-state index in [1.807, 2.05) is 38.1 Å². The van der Waals surface area contributed by atoms with Crippen molar-refractivity contribution in [2.24, 2.45) is 0 Å². The molecule has 1 aliphatic heterocycles. The summed E-state index contributed by atoms with van der Waals surface area (Å²) in [5.74, 6) is 1.26. The Morgan fingerprint density at radius 3 is 2.75 bits per heavy atom. The number of benzene rings is 1. The number of hydrogen-bond acceptors (Lipinski definition) is 4. The van der Waals surface area contributed by atoms with Gasteiger partial charge in [0, 0.05) is 11.6 Å². The third-order valence-electron chi connectivity index (χ3n) is 4.08. The van der Waals surface area contributed by atoms with E-state index >= 15 is 0 Å². The number of halogens is 1. The van der Waals surface area contributed by atoms with Gasteiger partial charge in [-0.25, -0.2) is 9.78 Å².